The maximum Gasteiger partial charge on any atom is 0.334 e. The highest BCUT2D eigenvalue weighted by molar-refractivity contribution is 8.22. The van der Waals surface area contributed by atoms with Crippen LogP contribution in [0.25, 0.3) is 0 Å². The van der Waals surface area contributed by atoms with Crippen molar-refractivity contribution in [2.24, 2.45) is 0 Å². The number of hydrogen-bond donors (Lipinski definition) is 2. The van der Waals surface area contributed by atoms with Crippen molar-refractivity contribution in [1.82, 2.24) is 4.31 Å². The molecule has 2 atom stereocenters. The van der Waals surface area contributed by atoms with E-state index in [1.807, 2.05) is 41.9 Å². The number of esters is 1. The van der Waals surface area contributed by atoms with E-state index in [1.54, 1.807) is 26.8 Å². The fraction of sp³-hybridized carbons (Fsp3) is 0.500. The van der Waals surface area contributed by atoms with E-state index in [-0.39, 0.29) is 11.5 Å². The highest BCUT2D eigenvalue weighted by Gasteiger charge is 2.47. The number of unbranched alkanes of at least 4 members (excludes halogenated alkanes) is 1. The van der Waals surface area contributed by atoms with Gasteiger partial charge in [0.1, 0.15) is 11.4 Å². The van der Waals surface area contributed by atoms with Crippen LogP contribution in [0.15, 0.2) is 64.6 Å². The minimum absolute atomic E-state index is 0.0172. The monoisotopic (exact) mass is 561 g/mol. The van der Waals surface area contributed by atoms with E-state index in [2.05, 4.69) is 26.0 Å². The van der Waals surface area contributed by atoms with Gasteiger partial charge in [-0.1, -0.05) is 57.0 Å². The van der Waals surface area contributed by atoms with Crippen LogP contribution in [0, 0.1) is 0 Å². The molecule has 0 fully saturated rings. The van der Waals surface area contributed by atoms with Crippen LogP contribution in [0.4, 0.5) is 0 Å². The SMILES string of the molecule is CCCCC1(CC)CC(c2ccccc2)c2cc(SC)c(O/C=C/C(=O)OC(C)(C)C)cc2S(O)(O)N1C. The van der Waals surface area contributed by atoms with Gasteiger partial charge in [-0.05, 0) is 63.5 Å². The first-order chi connectivity index (χ1) is 17.9. The molecule has 1 heterocycles. The highest BCUT2D eigenvalue weighted by atomic mass is 32.3. The Kier molecular flexibility index (Phi) is 10.0. The number of carbonyl (C=O) groups excluding carboxylic acids is 1. The zero-order chi connectivity index (χ0) is 28.1. The van der Waals surface area contributed by atoms with Gasteiger partial charge in [0.05, 0.1) is 22.1 Å². The Bertz CT molecular complexity index is 1130. The Labute approximate surface area is 234 Å². The lowest BCUT2D eigenvalue weighted by Gasteiger charge is -2.50. The average molecular weight is 562 g/mol. The Morgan fingerprint density at radius 1 is 1.21 bits per heavy atom. The van der Waals surface area contributed by atoms with Crippen LogP contribution in [0.3, 0.4) is 0 Å². The maximum absolute atomic E-state index is 12.1. The van der Waals surface area contributed by atoms with Gasteiger partial charge in [0.15, 0.2) is 0 Å². The first-order valence-corrected chi connectivity index (χ1v) is 16.0. The number of thioether (sulfide) groups is 1. The molecule has 6 nitrogen and oxygen atoms in total. The Morgan fingerprint density at radius 3 is 2.47 bits per heavy atom. The summed E-state index contributed by atoms with van der Waals surface area (Å²) >= 11 is 1.52. The largest absolute Gasteiger partial charge is 0.463 e. The Hall–Kier alpha value is -1.97. The van der Waals surface area contributed by atoms with E-state index in [1.165, 1.54) is 24.1 Å². The molecule has 0 spiro atoms. The van der Waals surface area contributed by atoms with Gasteiger partial charge in [-0.3, -0.25) is 9.11 Å². The molecule has 0 amide bonds. The van der Waals surface area contributed by atoms with Gasteiger partial charge in [0.25, 0.3) is 0 Å². The van der Waals surface area contributed by atoms with Crippen LogP contribution < -0.4 is 4.74 Å². The molecule has 0 aromatic heterocycles. The second kappa shape index (κ2) is 12.5. The Balaban J connectivity index is 2.15. The van der Waals surface area contributed by atoms with E-state index < -0.39 is 22.3 Å². The number of carbonyl (C=O) groups is 1. The van der Waals surface area contributed by atoms with E-state index in [4.69, 9.17) is 9.47 Å². The van der Waals surface area contributed by atoms with E-state index >= 15 is 0 Å². The lowest BCUT2D eigenvalue weighted by atomic mass is 9.76. The van der Waals surface area contributed by atoms with Gasteiger partial charge in [0.2, 0.25) is 0 Å². The highest BCUT2D eigenvalue weighted by Crippen LogP contribution is 2.63. The van der Waals surface area contributed by atoms with Crippen LogP contribution in [-0.2, 0) is 9.53 Å². The third kappa shape index (κ3) is 6.77. The molecule has 0 radical (unpaired) electrons. The van der Waals surface area contributed by atoms with Gasteiger partial charge in [-0.2, -0.15) is 4.31 Å². The molecule has 2 N–H and O–H groups in total. The first kappa shape index (κ1) is 30.6. The van der Waals surface area contributed by atoms with Crippen molar-refractivity contribution in [1.29, 1.82) is 0 Å². The third-order valence-electron chi connectivity index (χ3n) is 7.26. The number of nitrogens with zero attached hydrogens (tertiary/aromatic N) is 1. The average Bonchev–Trinajstić information content (AvgIpc) is 2.94. The van der Waals surface area contributed by atoms with Crippen molar-refractivity contribution in [3.05, 3.63) is 65.9 Å². The van der Waals surface area contributed by atoms with Gasteiger partial charge in [-0.25, -0.2) is 4.79 Å². The van der Waals surface area contributed by atoms with Gasteiger partial charge >= 0.3 is 5.97 Å². The molecule has 3 rings (SSSR count). The van der Waals surface area contributed by atoms with Crippen LogP contribution >= 0.6 is 22.5 Å². The molecular weight excluding hydrogens is 518 g/mol. The molecule has 1 aliphatic rings. The zero-order valence-corrected chi connectivity index (χ0v) is 25.3. The van der Waals surface area contributed by atoms with E-state index in [0.717, 1.165) is 48.1 Å². The molecule has 1 aliphatic heterocycles. The minimum atomic E-state index is -3.33. The summed E-state index contributed by atoms with van der Waals surface area (Å²) in [6.45, 7) is 9.72. The quantitative estimate of drug-likeness (QED) is 0.138. The van der Waals surface area contributed by atoms with Crippen molar-refractivity contribution in [2.75, 3.05) is 13.3 Å². The van der Waals surface area contributed by atoms with E-state index in [0.29, 0.717) is 10.6 Å². The molecule has 210 valence electrons. The summed E-state index contributed by atoms with van der Waals surface area (Å²) in [5.41, 5.74) is 1.07. The molecule has 0 aliphatic carbocycles. The summed E-state index contributed by atoms with van der Waals surface area (Å²) in [5, 5.41) is 0. The normalized spacial score (nSPS) is 22.5. The van der Waals surface area contributed by atoms with Crippen LogP contribution in [0.1, 0.15) is 83.8 Å². The predicted octanol–water partition coefficient (Wildman–Crippen LogP) is 8.47. The van der Waals surface area contributed by atoms with Crippen molar-refractivity contribution < 1.29 is 23.4 Å². The molecule has 2 aromatic rings. The fourth-order valence-electron chi connectivity index (χ4n) is 5.14. The zero-order valence-electron chi connectivity index (χ0n) is 23.7. The van der Waals surface area contributed by atoms with Crippen molar-refractivity contribution in [3.63, 3.8) is 0 Å². The number of hydrogen-bond acceptors (Lipinski definition) is 7. The molecule has 0 bridgehead atoms. The summed E-state index contributed by atoms with van der Waals surface area (Å²) in [7, 11) is -1.49. The van der Waals surface area contributed by atoms with Gasteiger partial charge < -0.3 is 9.47 Å². The predicted molar refractivity (Wildman–Crippen MR) is 158 cm³/mol. The van der Waals surface area contributed by atoms with Crippen LogP contribution in [0.5, 0.6) is 5.75 Å². The summed E-state index contributed by atoms with van der Waals surface area (Å²) in [6, 6.07) is 14.1. The number of fused-ring (bicyclic) bond motifs is 1. The van der Waals surface area contributed by atoms with Crippen molar-refractivity contribution >= 4 is 28.5 Å². The maximum atomic E-state index is 12.1. The molecule has 38 heavy (non-hydrogen) atoms. The first-order valence-electron chi connectivity index (χ1n) is 13.2. The molecular formula is C30H43NO5S2. The third-order valence-corrected chi connectivity index (χ3v) is 10.1. The van der Waals surface area contributed by atoms with Crippen LogP contribution in [-0.4, -0.2) is 43.8 Å². The fourth-order valence-corrected chi connectivity index (χ4v) is 7.61. The summed E-state index contributed by atoms with van der Waals surface area (Å²) in [4.78, 5) is 13.5. The summed E-state index contributed by atoms with van der Waals surface area (Å²) in [5.74, 6) is -0.0556. The minimum Gasteiger partial charge on any atom is -0.463 e. The standard InChI is InChI=1S/C30H43NO5S2/c1-8-10-17-30(9-2)21-24(22-14-12-11-13-15-22)23-19-26(37-7)25(20-27(23)38(33,34)31(30)6)35-18-16-28(32)36-29(3,4)5/h11-16,18-20,24,33-34H,8-10,17,21H2,1-7H3/b18-16+. The second-order valence-electron chi connectivity index (χ2n) is 10.9. The summed E-state index contributed by atoms with van der Waals surface area (Å²) < 4.78 is 36.7. The van der Waals surface area contributed by atoms with Gasteiger partial charge in [0, 0.05) is 24.6 Å². The van der Waals surface area contributed by atoms with E-state index in [9.17, 15) is 13.9 Å². The lowest BCUT2D eigenvalue weighted by molar-refractivity contribution is -0.148. The molecule has 0 saturated heterocycles. The molecule has 2 aromatic carbocycles. The molecule has 8 heteroatoms. The smallest absolute Gasteiger partial charge is 0.334 e. The molecule has 0 saturated carbocycles. The Morgan fingerprint density at radius 2 is 1.89 bits per heavy atom. The van der Waals surface area contributed by atoms with Gasteiger partial charge in [-0.15, -0.1) is 22.5 Å². The van der Waals surface area contributed by atoms with Crippen molar-refractivity contribution in [2.45, 2.75) is 93.6 Å². The number of rotatable bonds is 9. The second-order valence-corrected chi connectivity index (χ2v) is 13.7. The van der Waals surface area contributed by atoms with Crippen LogP contribution in [0.2, 0.25) is 0 Å². The number of benzene rings is 2. The number of ether oxygens (including phenoxy) is 2. The topological polar surface area (TPSA) is 79.2 Å². The lowest BCUT2D eigenvalue weighted by Crippen LogP contribution is -2.46. The van der Waals surface area contributed by atoms with Crippen molar-refractivity contribution in [3.8, 4) is 5.75 Å². The molecule has 2 unspecified atom stereocenters. The summed E-state index contributed by atoms with van der Waals surface area (Å²) in [6.07, 6.45) is 9.00.